The molecule has 0 aliphatic carbocycles. The van der Waals surface area contributed by atoms with Crippen molar-refractivity contribution in [1.82, 2.24) is 14.8 Å². The van der Waals surface area contributed by atoms with Gasteiger partial charge in [-0.2, -0.15) is 10.1 Å². The minimum atomic E-state index is 0.409. The average Bonchev–Trinajstić information content (AvgIpc) is 2.83. The van der Waals surface area contributed by atoms with Gasteiger partial charge in [-0.15, -0.1) is 0 Å². The standard InChI is InChI=1S/C13H12N4O/c1-18-13-10(14)6-7-12(16-13)17-11-5-3-2-4-9(11)8-15-17/h2-8H,14H2,1H3. The highest BCUT2D eigenvalue weighted by atomic mass is 16.5. The minimum Gasteiger partial charge on any atom is -0.479 e. The van der Waals surface area contributed by atoms with Gasteiger partial charge in [0.05, 0.1) is 24.5 Å². The molecule has 0 amide bonds. The van der Waals surface area contributed by atoms with Crippen LogP contribution in [0.5, 0.6) is 5.88 Å². The molecule has 3 aromatic rings. The van der Waals surface area contributed by atoms with Gasteiger partial charge in [0.25, 0.3) is 0 Å². The Balaban J connectivity index is 2.20. The highest BCUT2D eigenvalue weighted by Crippen LogP contribution is 2.22. The zero-order chi connectivity index (χ0) is 12.5. The van der Waals surface area contributed by atoms with Gasteiger partial charge < -0.3 is 10.5 Å². The summed E-state index contributed by atoms with van der Waals surface area (Å²) in [4.78, 5) is 4.34. The molecule has 3 rings (SSSR count). The molecule has 0 saturated carbocycles. The minimum absolute atomic E-state index is 0.409. The number of pyridine rings is 1. The molecule has 0 fully saturated rings. The molecule has 0 radical (unpaired) electrons. The number of aromatic nitrogens is 3. The van der Waals surface area contributed by atoms with Gasteiger partial charge in [0.1, 0.15) is 0 Å². The number of nitrogen functional groups attached to an aromatic ring is 1. The zero-order valence-electron chi connectivity index (χ0n) is 9.87. The van der Waals surface area contributed by atoms with Gasteiger partial charge in [-0.25, -0.2) is 4.68 Å². The van der Waals surface area contributed by atoms with E-state index in [9.17, 15) is 0 Å². The third-order valence-corrected chi connectivity index (χ3v) is 2.76. The summed E-state index contributed by atoms with van der Waals surface area (Å²) >= 11 is 0. The quantitative estimate of drug-likeness (QED) is 0.744. The molecular formula is C13H12N4O. The van der Waals surface area contributed by atoms with Gasteiger partial charge in [0.15, 0.2) is 5.82 Å². The van der Waals surface area contributed by atoms with E-state index in [1.165, 1.54) is 0 Å². The number of methoxy groups -OCH3 is 1. The maximum atomic E-state index is 5.75. The fourth-order valence-corrected chi connectivity index (χ4v) is 1.88. The number of hydrogen-bond donors (Lipinski definition) is 1. The lowest BCUT2D eigenvalue weighted by Crippen LogP contribution is -2.02. The molecule has 2 N–H and O–H groups in total. The summed E-state index contributed by atoms with van der Waals surface area (Å²) in [6.45, 7) is 0. The Morgan fingerprint density at radius 1 is 1.17 bits per heavy atom. The van der Waals surface area contributed by atoms with Crippen LogP contribution in [0.2, 0.25) is 0 Å². The van der Waals surface area contributed by atoms with Crippen molar-refractivity contribution in [2.75, 3.05) is 12.8 Å². The van der Waals surface area contributed by atoms with Crippen LogP contribution in [0.3, 0.4) is 0 Å². The zero-order valence-corrected chi connectivity index (χ0v) is 9.87. The smallest absolute Gasteiger partial charge is 0.238 e. The van der Waals surface area contributed by atoms with Crippen LogP contribution in [0.25, 0.3) is 16.7 Å². The van der Waals surface area contributed by atoms with Gasteiger partial charge in [0.2, 0.25) is 5.88 Å². The van der Waals surface area contributed by atoms with Crippen LogP contribution in [0.15, 0.2) is 42.6 Å². The maximum Gasteiger partial charge on any atom is 0.238 e. The first-order chi connectivity index (χ1) is 8.79. The molecule has 0 unspecified atom stereocenters. The first-order valence-electron chi connectivity index (χ1n) is 5.53. The Hall–Kier alpha value is -2.56. The second-order valence-corrected chi connectivity index (χ2v) is 3.88. The summed E-state index contributed by atoms with van der Waals surface area (Å²) in [6.07, 6.45) is 1.81. The Bertz CT molecular complexity index is 705. The largest absolute Gasteiger partial charge is 0.479 e. The maximum absolute atomic E-state index is 5.75. The lowest BCUT2D eigenvalue weighted by atomic mass is 10.2. The number of nitrogens with zero attached hydrogens (tertiary/aromatic N) is 3. The van der Waals surface area contributed by atoms with E-state index in [1.807, 2.05) is 30.3 Å². The number of hydrogen-bond acceptors (Lipinski definition) is 4. The van der Waals surface area contributed by atoms with Crippen LogP contribution in [0, 0.1) is 0 Å². The van der Waals surface area contributed by atoms with Crippen molar-refractivity contribution in [3.05, 3.63) is 42.6 Å². The molecule has 0 bridgehead atoms. The predicted octanol–water partition coefficient (Wildman–Crippen LogP) is 2.01. The molecule has 18 heavy (non-hydrogen) atoms. The van der Waals surface area contributed by atoms with E-state index in [0.717, 1.165) is 10.9 Å². The molecule has 90 valence electrons. The van der Waals surface area contributed by atoms with Crippen LogP contribution in [-0.2, 0) is 0 Å². The van der Waals surface area contributed by atoms with Crippen LogP contribution in [0.1, 0.15) is 0 Å². The second kappa shape index (κ2) is 4.03. The normalized spacial score (nSPS) is 10.7. The van der Waals surface area contributed by atoms with Crippen molar-refractivity contribution in [2.45, 2.75) is 0 Å². The number of para-hydroxylation sites is 1. The Morgan fingerprint density at radius 2 is 2.00 bits per heavy atom. The monoisotopic (exact) mass is 240 g/mol. The second-order valence-electron chi connectivity index (χ2n) is 3.88. The molecular weight excluding hydrogens is 228 g/mol. The van der Waals surface area contributed by atoms with E-state index in [0.29, 0.717) is 17.4 Å². The Labute approximate surface area is 104 Å². The summed E-state index contributed by atoms with van der Waals surface area (Å²) in [6, 6.07) is 11.5. The lowest BCUT2D eigenvalue weighted by Gasteiger charge is -2.07. The summed E-state index contributed by atoms with van der Waals surface area (Å²) in [5.41, 5.74) is 7.26. The van der Waals surface area contributed by atoms with E-state index >= 15 is 0 Å². The van der Waals surface area contributed by atoms with E-state index in [-0.39, 0.29) is 0 Å². The van der Waals surface area contributed by atoms with Crippen molar-refractivity contribution in [3.63, 3.8) is 0 Å². The summed E-state index contributed by atoms with van der Waals surface area (Å²) in [5.74, 6) is 1.09. The van der Waals surface area contributed by atoms with Gasteiger partial charge in [-0.3, -0.25) is 0 Å². The van der Waals surface area contributed by atoms with Gasteiger partial charge >= 0.3 is 0 Å². The predicted molar refractivity (Wildman–Crippen MR) is 69.8 cm³/mol. The third-order valence-electron chi connectivity index (χ3n) is 2.76. The van der Waals surface area contributed by atoms with Crippen molar-refractivity contribution in [3.8, 4) is 11.7 Å². The summed E-state index contributed by atoms with van der Waals surface area (Å²) in [7, 11) is 1.55. The average molecular weight is 240 g/mol. The van der Waals surface area contributed by atoms with Gasteiger partial charge in [-0.05, 0) is 18.2 Å². The molecule has 2 aromatic heterocycles. The molecule has 5 heteroatoms. The number of anilines is 1. The van der Waals surface area contributed by atoms with Crippen molar-refractivity contribution in [1.29, 1.82) is 0 Å². The van der Waals surface area contributed by atoms with Gasteiger partial charge in [0, 0.05) is 5.39 Å². The highest BCUT2D eigenvalue weighted by Gasteiger charge is 2.08. The molecule has 0 atom stereocenters. The fraction of sp³-hybridized carbons (Fsp3) is 0.0769. The Kier molecular flexibility index (Phi) is 2.37. The topological polar surface area (TPSA) is 66.0 Å². The van der Waals surface area contributed by atoms with Crippen molar-refractivity contribution >= 4 is 16.6 Å². The Morgan fingerprint density at radius 3 is 2.83 bits per heavy atom. The molecule has 0 spiro atoms. The van der Waals surface area contributed by atoms with E-state index in [4.69, 9.17) is 10.5 Å². The summed E-state index contributed by atoms with van der Waals surface area (Å²) in [5, 5.41) is 5.39. The number of ether oxygens (including phenoxy) is 1. The third kappa shape index (κ3) is 1.57. The number of fused-ring (bicyclic) bond motifs is 1. The molecule has 5 nitrogen and oxygen atoms in total. The SMILES string of the molecule is COc1nc(-n2ncc3ccccc32)ccc1N. The molecule has 0 aliphatic rings. The molecule has 0 saturated heterocycles. The van der Waals surface area contributed by atoms with Crippen LogP contribution >= 0.6 is 0 Å². The first kappa shape index (κ1) is 10.6. The van der Waals surface area contributed by atoms with Crippen LogP contribution in [-0.4, -0.2) is 21.9 Å². The lowest BCUT2D eigenvalue weighted by molar-refractivity contribution is 0.399. The number of nitrogens with two attached hydrogens (primary N) is 1. The highest BCUT2D eigenvalue weighted by molar-refractivity contribution is 5.79. The number of benzene rings is 1. The van der Waals surface area contributed by atoms with Crippen LogP contribution < -0.4 is 10.5 Å². The van der Waals surface area contributed by atoms with Crippen LogP contribution in [0.4, 0.5) is 5.69 Å². The van der Waals surface area contributed by atoms with E-state index < -0.39 is 0 Å². The van der Waals surface area contributed by atoms with E-state index in [2.05, 4.69) is 10.1 Å². The first-order valence-corrected chi connectivity index (χ1v) is 5.53. The fourth-order valence-electron chi connectivity index (χ4n) is 1.88. The molecule has 1 aromatic carbocycles. The number of rotatable bonds is 2. The van der Waals surface area contributed by atoms with Crippen molar-refractivity contribution < 1.29 is 4.74 Å². The van der Waals surface area contributed by atoms with Gasteiger partial charge in [-0.1, -0.05) is 18.2 Å². The molecule has 2 heterocycles. The van der Waals surface area contributed by atoms with Crippen molar-refractivity contribution in [2.24, 2.45) is 0 Å². The molecule has 0 aliphatic heterocycles. The summed E-state index contributed by atoms with van der Waals surface area (Å²) < 4.78 is 6.88. The van der Waals surface area contributed by atoms with E-state index in [1.54, 1.807) is 24.1 Å².